The smallest absolute Gasteiger partial charge is 0.358 e. The molecule has 0 aromatic rings. The van der Waals surface area contributed by atoms with Gasteiger partial charge in [0.15, 0.2) is 0 Å². The van der Waals surface area contributed by atoms with Crippen molar-refractivity contribution in [3.8, 4) is 0 Å². The fraction of sp³-hybridized carbons (Fsp3) is 0.750. The van der Waals surface area contributed by atoms with Gasteiger partial charge in [0.05, 0.1) is 0 Å². The monoisotopic (exact) mass is 164 g/mol. The Labute approximate surface area is 60.3 Å². The summed E-state index contributed by atoms with van der Waals surface area (Å²) < 4.78 is 9.56. The molecule has 0 radical (unpaired) electrons. The molecule has 0 saturated carbocycles. The molecule has 3 nitrogen and oxygen atoms in total. The summed E-state index contributed by atoms with van der Waals surface area (Å²) >= 11 is 0. The first kappa shape index (κ1) is 8.86. The number of carbonyl (C=O) groups is 1. The van der Waals surface area contributed by atoms with Crippen LogP contribution in [0.1, 0.15) is 13.8 Å². The second-order valence-electron chi connectivity index (χ2n) is 2.02. The van der Waals surface area contributed by atoms with E-state index in [0.29, 0.717) is 10.5 Å². The van der Waals surface area contributed by atoms with E-state index in [9.17, 15) is 4.79 Å². The fourth-order valence-electron chi connectivity index (χ4n) is 0.284. The van der Waals surface area contributed by atoms with Gasteiger partial charge in [-0.1, -0.05) is 13.8 Å². The second-order valence-corrected chi connectivity index (χ2v) is 4.86. The van der Waals surface area contributed by atoms with Gasteiger partial charge in [0, 0.05) is 5.92 Å². The molecule has 0 atom stereocenters. The van der Waals surface area contributed by atoms with Gasteiger partial charge in [-0.3, -0.25) is 4.79 Å². The lowest BCUT2D eigenvalue weighted by Crippen LogP contribution is -2.15. The van der Waals surface area contributed by atoms with E-state index in [2.05, 4.69) is 0 Å². The molecular formula is C4H12O3Si2. The molecule has 0 fully saturated rings. The van der Waals surface area contributed by atoms with Crippen molar-refractivity contribution in [3.05, 3.63) is 0 Å². The van der Waals surface area contributed by atoms with Crippen LogP contribution in [0.2, 0.25) is 0 Å². The molecule has 0 amide bonds. The molecule has 0 aromatic heterocycles. The number of rotatable bonds is 3. The van der Waals surface area contributed by atoms with Crippen LogP contribution >= 0.6 is 0 Å². The average Bonchev–Trinajstić information content (AvgIpc) is 1.82. The number of hydrogen-bond donors (Lipinski definition) is 0. The lowest BCUT2D eigenvalue weighted by atomic mass is 10.2. The lowest BCUT2D eigenvalue weighted by molar-refractivity contribution is -0.138. The summed E-state index contributed by atoms with van der Waals surface area (Å²) in [4.78, 5) is 10.6. The van der Waals surface area contributed by atoms with E-state index in [-0.39, 0.29) is 11.9 Å². The van der Waals surface area contributed by atoms with Crippen LogP contribution in [0, 0.1) is 5.92 Å². The highest BCUT2D eigenvalue weighted by Gasteiger charge is 2.05. The van der Waals surface area contributed by atoms with Crippen molar-refractivity contribution >= 4 is 26.5 Å². The van der Waals surface area contributed by atoms with Gasteiger partial charge in [-0.2, -0.15) is 0 Å². The molecule has 0 unspecified atom stereocenters. The zero-order valence-electron chi connectivity index (χ0n) is 6.01. The van der Waals surface area contributed by atoms with Gasteiger partial charge < -0.3 is 8.54 Å². The molecular weight excluding hydrogens is 152 g/mol. The second kappa shape index (κ2) is 4.72. The maximum atomic E-state index is 10.6. The Hall–Kier alpha value is -0.136. The molecule has 9 heavy (non-hydrogen) atoms. The Morgan fingerprint density at radius 3 is 2.56 bits per heavy atom. The van der Waals surface area contributed by atoms with E-state index < -0.39 is 10.0 Å². The van der Waals surface area contributed by atoms with E-state index in [1.54, 1.807) is 0 Å². The molecule has 0 spiro atoms. The van der Waals surface area contributed by atoms with Crippen LogP contribution < -0.4 is 0 Å². The van der Waals surface area contributed by atoms with E-state index in [0.717, 1.165) is 0 Å². The zero-order valence-corrected chi connectivity index (χ0v) is 9.42. The Kier molecular flexibility index (Phi) is 4.64. The number of carbonyl (C=O) groups excluding carboxylic acids is 1. The minimum atomic E-state index is -0.956. The highest BCUT2D eigenvalue weighted by atomic mass is 28.3. The molecule has 54 valence electrons. The molecule has 0 aliphatic heterocycles. The summed E-state index contributed by atoms with van der Waals surface area (Å²) in [6.45, 7) is 3.62. The summed E-state index contributed by atoms with van der Waals surface area (Å²) in [5.41, 5.74) is 0. The molecule has 0 bridgehead atoms. The first-order valence-corrected chi connectivity index (χ1v) is 4.81. The third-order valence-corrected chi connectivity index (χ3v) is 2.14. The minimum absolute atomic E-state index is 0.0192. The first-order chi connectivity index (χ1) is 4.18. The highest BCUT2D eigenvalue weighted by molar-refractivity contribution is 6.30. The summed E-state index contributed by atoms with van der Waals surface area (Å²) in [7, 11) is -0.282. The number of hydrogen-bond acceptors (Lipinski definition) is 3. The Morgan fingerprint density at radius 2 is 2.22 bits per heavy atom. The van der Waals surface area contributed by atoms with Crippen LogP contribution in [0.5, 0.6) is 0 Å². The minimum Gasteiger partial charge on any atom is -0.500 e. The molecule has 0 heterocycles. The molecule has 0 saturated heterocycles. The van der Waals surface area contributed by atoms with Crippen molar-refractivity contribution in [2.24, 2.45) is 5.92 Å². The predicted octanol–water partition coefficient (Wildman–Crippen LogP) is -1.52. The van der Waals surface area contributed by atoms with Gasteiger partial charge in [-0.25, -0.2) is 0 Å². The van der Waals surface area contributed by atoms with Crippen molar-refractivity contribution in [2.45, 2.75) is 13.8 Å². The van der Waals surface area contributed by atoms with Gasteiger partial charge in [0.25, 0.3) is 5.97 Å². The average molecular weight is 164 g/mol. The highest BCUT2D eigenvalue weighted by Crippen LogP contribution is 1.93. The molecule has 5 heteroatoms. The van der Waals surface area contributed by atoms with Crippen molar-refractivity contribution in [1.29, 1.82) is 0 Å². The van der Waals surface area contributed by atoms with Crippen LogP contribution in [0.15, 0.2) is 0 Å². The van der Waals surface area contributed by atoms with Crippen molar-refractivity contribution in [2.75, 3.05) is 0 Å². The third-order valence-electron chi connectivity index (χ3n) is 0.790. The van der Waals surface area contributed by atoms with E-state index >= 15 is 0 Å². The third kappa shape index (κ3) is 4.37. The van der Waals surface area contributed by atoms with E-state index in [1.165, 1.54) is 0 Å². The molecule has 0 aromatic carbocycles. The predicted molar refractivity (Wildman–Crippen MR) is 40.5 cm³/mol. The van der Waals surface area contributed by atoms with Gasteiger partial charge in [-0.15, -0.1) is 0 Å². The van der Waals surface area contributed by atoms with Crippen LogP contribution in [-0.4, -0.2) is 26.5 Å². The van der Waals surface area contributed by atoms with Crippen LogP contribution in [0.25, 0.3) is 0 Å². The summed E-state index contributed by atoms with van der Waals surface area (Å²) in [6.07, 6.45) is 0. The summed E-state index contributed by atoms with van der Waals surface area (Å²) in [5, 5.41) is 0. The van der Waals surface area contributed by atoms with E-state index in [1.807, 2.05) is 13.8 Å². The van der Waals surface area contributed by atoms with Crippen LogP contribution in [-0.2, 0) is 13.3 Å². The van der Waals surface area contributed by atoms with Gasteiger partial charge in [0.1, 0.15) is 10.5 Å². The van der Waals surface area contributed by atoms with Gasteiger partial charge in [0.2, 0.25) is 0 Å². The standard InChI is InChI=1S/C4H12O3Si2/c1-3(2)4(5)6-9-7-8/h3H,9H2,1-2,8H3. The molecule has 0 aliphatic carbocycles. The maximum Gasteiger partial charge on any atom is 0.358 e. The van der Waals surface area contributed by atoms with Gasteiger partial charge in [-0.05, 0) is 0 Å². The maximum absolute atomic E-state index is 10.6. The fourth-order valence-corrected chi connectivity index (χ4v) is 1.20. The molecule has 0 N–H and O–H groups in total. The lowest BCUT2D eigenvalue weighted by Gasteiger charge is -2.04. The Bertz CT molecular complexity index is 93.8. The zero-order chi connectivity index (χ0) is 7.28. The van der Waals surface area contributed by atoms with Crippen molar-refractivity contribution < 1.29 is 13.3 Å². The molecule has 0 rings (SSSR count). The van der Waals surface area contributed by atoms with E-state index in [4.69, 9.17) is 8.54 Å². The quantitative estimate of drug-likeness (QED) is 0.475. The first-order valence-electron chi connectivity index (χ1n) is 2.84. The largest absolute Gasteiger partial charge is 0.500 e. The van der Waals surface area contributed by atoms with Crippen molar-refractivity contribution in [1.82, 2.24) is 0 Å². The van der Waals surface area contributed by atoms with Gasteiger partial charge >= 0.3 is 10.0 Å². The summed E-state index contributed by atoms with van der Waals surface area (Å²) in [5.74, 6) is -0.160. The SMILES string of the molecule is CC(C)C(=O)O[SiH2]O[SiH3]. The Morgan fingerprint density at radius 1 is 1.67 bits per heavy atom. The normalized spacial score (nSPS) is 11.4. The van der Waals surface area contributed by atoms with Crippen molar-refractivity contribution in [3.63, 3.8) is 0 Å². The Balaban J connectivity index is 3.28. The van der Waals surface area contributed by atoms with Crippen LogP contribution in [0.4, 0.5) is 0 Å². The molecule has 0 aliphatic rings. The topological polar surface area (TPSA) is 35.5 Å². The van der Waals surface area contributed by atoms with Crippen LogP contribution in [0.3, 0.4) is 0 Å². The summed E-state index contributed by atoms with van der Waals surface area (Å²) in [6, 6.07) is 0.